The first-order chi connectivity index (χ1) is 19.0. The van der Waals surface area contributed by atoms with Gasteiger partial charge in [-0.15, -0.1) is 0 Å². The van der Waals surface area contributed by atoms with Gasteiger partial charge < -0.3 is 25.0 Å². The topological polar surface area (TPSA) is 119 Å². The normalized spacial score (nSPS) is 15.1. The number of hydrogen-bond acceptors (Lipinski definition) is 9. The number of pyridine rings is 1. The Labute approximate surface area is 235 Å². The Morgan fingerprint density at radius 1 is 1.07 bits per heavy atom. The Morgan fingerprint density at radius 2 is 1.77 bits per heavy atom. The van der Waals surface area contributed by atoms with Crippen molar-refractivity contribution in [1.29, 1.82) is 0 Å². The fourth-order valence-corrected chi connectivity index (χ4v) is 4.47. The Hall–Kier alpha value is -3.95. The minimum atomic E-state index is -0.561. The molecule has 0 saturated carbocycles. The monoisotopic (exact) mass is 548 g/mol. The molecule has 10 nitrogen and oxygen atoms in total. The maximum Gasteiger partial charge on any atom is 0.410 e. The summed E-state index contributed by atoms with van der Waals surface area (Å²) >= 11 is 0. The Kier molecular flexibility index (Phi) is 9.07. The predicted molar refractivity (Wildman–Crippen MR) is 155 cm³/mol. The fourth-order valence-electron chi connectivity index (χ4n) is 4.47. The number of nitrogens with one attached hydrogen (secondary N) is 2. The second kappa shape index (κ2) is 12.5. The summed E-state index contributed by atoms with van der Waals surface area (Å²) in [6.45, 7) is 13.6. The molecule has 0 radical (unpaired) electrons. The molecule has 2 N–H and O–H groups in total. The highest BCUT2D eigenvalue weighted by Crippen LogP contribution is 2.27. The van der Waals surface area contributed by atoms with E-state index in [1.165, 1.54) is 0 Å². The second-order valence-electron chi connectivity index (χ2n) is 11.5. The highest BCUT2D eigenvalue weighted by molar-refractivity contribution is 5.90. The third kappa shape index (κ3) is 7.80. The minimum absolute atomic E-state index is 0.120. The molecule has 10 heteroatoms. The van der Waals surface area contributed by atoms with E-state index in [2.05, 4.69) is 15.6 Å². The van der Waals surface area contributed by atoms with Gasteiger partial charge in [-0.2, -0.15) is 0 Å². The number of piperidine rings is 1. The number of nitrogens with zero attached hydrogens (tertiary/aromatic N) is 4. The van der Waals surface area contributed by atoms with Crippen LogP contribution in [0.2, 0.25) is 0 Å². The van der Waals surface area contributed by atoms with Crippen molar-refractivity contribution in [2.24, 2.45) is 5.92 Å². The number of fused-ring (bicyclic) bond motifs is 1. The lowest BCUT2D eigenvalue weighted by Gasteiger charge is -2.33. The number of carbonyl (C=O) groups excluding carboxylic acids is 2. The molecule has 214 valence electrons. The first-order valence-electron chi connectivity index (χ1n) is 13.9. The molecule has 1 amide bonds. The summed E-state index contributed by atoms with van der Waals surface area (Å²) in [6, 6.07) is 10.9. The number of benzene rings is 1. The average molecular weight is 549 g/mol. The van der Waals surface area contributed by atoms with E-state index in [9.17, 15) is 9.59 Å². The lowest BCUT2D eigenvalue weighted by Crippen LogP contribution is -2.42. The molecule has 1 fully saturated rings. The third-order valence-electron chi connectivity index (χ3n) is 6.54. The van der Waals surface area contributed by atoms with E-state index in [-0.39, 0.29) is 12.1 Å². The van der Waals surface area contributed by atoms with Gasteiger partial charge in [-0.05, 0) is 78.5 Å². The van der Waals surface area contributed by atoms with E-state index in [0.717, 1.165) is 18.2 Å². The van der Waals surface area contributed by atoms with Crippen LogP contribution in [0.3, 0.4) is 0 Å². The van der Waals surface area contributed by atoms with Crippen LogP contribution in [-0.2, 0) is 9.47 Å². The number of carbonyl (C=O) groups is 2. The van der Waals surface area contributed by atoms with E-state index in [4.69, 9.17) is 19.4 Å². The number of likely N-dealkylation sites (tertiary alicyclic amines) is 1. The lowest BCUT2D eigenvalue weighted by atomic mass is 9.97. The van der Waals surface area contributed by atoms with Gasteiger partial charge in [0.2, 0.25) is 5.95 Å². The van der Waals surface area contributed by atoms with Crippen molar-refractivity contribution in [1.82, 2.24) is 19.9 Å². The Morgan fingerprint density at radius 3 is 2.42 bits per heavy atom. The molecule has 3 heterocycles. The van der Waals surface area contributed by atoms with Crippen molar-refractivity contribution in [2.45, 2.75) is 72.1 Å². The van der Waals surface area contributed by atoms with E-state index in [1.807, 2.05) is 46.8 Å². The van der Waals surface area contributed by atoms with Crippen molar-refractivity contribution in [3.63, 3.8) is 0 Å². The quantitative estimate of drug-likeness (QED) is 0.336. The molecule has 1 saturated heterocycles. The molecule has 0 bridgehead atoms. The first-order valence-corrected chi connectivity index (χ1v) is 13.9. The largest absolute Gasteiger partial charge is 0.453 e. The van der Waals surface area contributed by atoms with Gasteiger partial charge in [-0.3, -0.25) is 0 Å². The van der Waals surface area contributed by atoms with Gasteiger partial charge in [-0.1, -0.05) is 18.2 Å². The van der Waals surface area contributed by atoms with Crippen molar-refractivity contribution in [2.75, 3.05) is 30.3 Å². The van der Waals surface area contributed by atoms with Crippen molar-refractivity contribution < 1.29 is 19.1 Å². The highest BCUT2D eigenvalue weighted by Gasteiger charge is 2.27. The summed E-state index contributed by atoms with van der Waals surface area (Å²) in [5.41, 5.74) is 1.30. The van der Waals surface area contributed by atoms with Crippen molar-refractivity contribution in [3.05, 3.63) is 53.9 Å². The lowest BCUT2D eigenvalue weighted by molar-refractivity contribution is 0.0187. The van der Waals surface area contributed by atoms with E-state index in [1.54, 1.807) is 42.3 Å². The summed E-state index contributed by atoms with van der Waals surface area (Å²) in [5, 5.41) is 7.54. The number of aromatic nitrogens is 3. The second-order valence-corrected chi connectivity index (χ2v) is 11.5. The number of esters is 1. The molecule has 2 aromatic heterocycles. The maximum atomic E-state index is 12.6. The van der Waals surface area contributed by atoms with Gasteiger partial charge in [0.15, 0.2) is 5.82 Å². The van der Waals surface area contributed by atoms with Gasteiger partial charge >= 0.3 is 12.1 Å². The maximum absolute atomic E-state index is 12.6. The Balaban J connectivity index is 1.42. The zero-order chi connectivity index (χ0) is 28.9. The van der Waals surface area contributed by atoms with Crippen LogP contribution in [0.15, 0.2) is 42.6 Å². The zero-order valence-corrected chi connectivity index (χ0v) is 24.2. The summed E-state index contributed by atoms with van der Waals surface area (Å²) in [4.78, 5) is 40.8. The average Bonchev–Trinajstić information content (AvgIpc) is 2.91. The standard InChI is InChI=1S/C30H40N6O4/c1-19(2)33-26-25-23(16-24(34-26)20(3)39-27(37)22-10-8-7-9-11-22)18-32-28(35-25)31-17-21-12-14-36(15-13-21)29(38)40-30(4,5)6/h7-11,16,18-21H,12-15,17H2,1-6H3,(H,33,34)(H,31,32,35). The smallest absolute Gasteiger partial charge is 0.410 e. The molecule has 40 heavy (non-hydrogen) atoms. The van der Waals surface area contributed by atoms with E-state index in [0.29, 0.717) is 54.1 Å². The summed E-state index contributed by atoms with van der Waals surface area (Å²) < 4.78 is 11.2. The van der Waals surface area contributed by atoms with Crippen LogP contribution in [-0.4, -0.2) is 63.2 Å². The Bertz CT molecular complexity index is 1320. The molecule has 4 rings (SSSR count). The molecule has 3 aromatic rings. The number of amides is 1. The van der Waals surface area contributed by atoms with Gasteiger partial charge in [0.05, 0.1) is 11.3 Å². The van der Waals surface area contributed by atoms with Gasteiger partial charge in [-0.25, -0.2) is 24.5 Å². The molecular formula is C30H40N6O4. The third-order valence-corrected chi connectivity index (χ3v) is 6.54. The van der Waals surface area contributed by atoms with E-state index < -0.39 is 17.7 Å². The molecular weight excluding hydrogens is 508 g/mol. The van der Waals surface area contributed by atoms with Crippen LogP contribution >= 0.6 is 0 Å². The van der Waals surface area contributed by atoms with Crippen LogP contribution < -0.4 is 10.6 Å². The van der Waals surface area contributed by atoms with E-state index >= 15 is 0 Å². The van der Waals surface area contributed by atoms with Gasteiger partial charge in [0, 0.05) is 37.3 Å². The van der Waals surface area contributed by atoms with Crippen LogP contribution in [0, 0.1) is 5.92 Å². The zero-order valence-electron chi connectivity index (χ0n) is 24.2. The molecule has 0 spiro atoms. The molecule has 1 aliphatic rings. The molecule has 1 atom stereocenters. The molecule has 1 aliphatic heterocycles. The molecule has 1 unspecified atom stereocenters. The van der Waals surface area contributed by atoms with Crippen LogP contribution in [0.5, 0.6) is 0 Å². The number of hydrogen-bond donors (Lipinski definition) is 2. The number of rotatable bonds is 8. The minimum Gasteiger partial charge on any atom is -0.453 e. The molecule has 0 aliphatic carbocycles. The van der Waals surface area contributed by atoms with Crippen LogP contribution in [0.25, 0.3) is 10.9 Å². The summed E-state index contributed by atoms with van der Waals surface area (Å²) in [6.07, 6.45) is 2.71. The molecule has 1 aromatic carbocycles. The van der Waals surface area contributed by atoms with Crippen molar-refractivity contribution >= 4 is 34.7 Å². The summed E-state index contributed by atoms with van der Waals surface area (Å²) in [5.74, 6) is 1.13. The number of ether oxygens (including phenoxy) is 2. The van der Waals surface area contributed by atoms with Gasteiger partial charge in [0.1, 0.15) is 17.2 Å². The van der Waals surface area contributed by atoms with Crippen molar-refractivity contribution in [3.8, 4) is 0 Å². The number of anilines is 2. The fraction of sp³-hybridized carbons (Fsp3) is 0.500. The first kappa shape index (κ1) is 29.0. The predicted octanol–water partition coefficient (Wildman–Crippen LogP) is 5.82. The SMILES string of the molecule is CC(C)Nc1nc(C(C)OC(=O)c2ccccc2)cc2cnc(NCC3CCN(C(=O)OC(C)(C)C)CC3)nc12. The van der Waals surface area contributed by atoms with Crippen LogP contribution in [0.4, 0.5) is 16.6 Å². The van der Waals surface area contributed by atoms with Crippen LogP contribution in [0.1, 0.15) is 76.5 Å². The summed E-state index contributed by atoms with van der Waals surface area (Å²) in [7, 11) is 0. The van der Waals surface area contributed by atoms with Gasteiger partial charge in [0.25, 0.3) is 0 Å². The highest BCUT2D eigenvalue weighted by atomic mass is 16.6.